The van der Waals surface area contributed by atoms with Gasteiger partial charge in [-0.2, -0.15) is 4.98 Å². The van der Waals surface area contributed by atoms with Gasteiger partial charge in [0.2, 0.25) is 5.95 Å². The van der Waals surface area contributed by atoms with Gasteiger partial charge in [0, 0.05) is 24.8 Å². The Kier molecular flexibility index (Phi) is 4.26. The zero-order valence-corrected chi connectivity index (χ0v) is 13.1. The van der Waals surface area contributed by atoms with Crippen LogP contribution in [-0.4, -0.2) is 61.6 Å². The third-order valence-electron chi connectivity index (χ3n) is 4.12. The van der Waals surface area contributed by atoms with E-state index in [2.05, 4.69) is 34.7 Å². The first kappa shape index (κ1) is 14.5. The van der Waals surface area contributed by atoms with E-state index in [-0.39, 0.29) is 0 Å². The number of aryl methyl sites for hydroxylation is 1. The molecule has 0 spiro atoms. The van der Waals surface area contributed by atoms with Crippen LogP contribution in [0.4, 0.5) is 11.8 Å². The number of nitrogens with zero attached hydrogens (tertiary/aromatic N) is 4. The van der Waals surface area contributed by atoms with E-state index < -0.39 is 0 Å². The fourth-order valence-corrected chi connectivity index (χ4v) is 2.90. The van der Waals surface area contributed by atoms with Gasteiger partial charge in [-0.15, -0.1) is 0 Å². The van der Waals surface area contributed by atoms with Crippen LogP contribution in [0.25, 0.3) is 0 Å². The second kappa shape index (κ2) is 6.15. The van der Waals surface area contributed by atoms with Crippen molar-refractivity contribution < 1.29 is 9.47 Å². The van der Waals surface area contributed by atoms with E-state index in [1.165, 1.54) is 0 Å². The topological polar surface area (TPSA) is 50.7 Å². The van der Waals surface area contributed by atoms with E-state index in [4.69, 9.17) is 14.5 Å². The van der Waals surface area contributed by atoms with E-state index in [0.29, 0.717) is 12.1 Å². The first-order chi connectivity index (χ1) is 10.1. The van der Waals surface area contributed by atoms with Crippen molar-refractivity contribution >= 4 is 11.8 Å². The molecule has 2 saturated heterocycles. The highest BCUT2D eigenvalue weighted by atomic mass is 16.5. The van der Waals surface area contributed by atoms with Crippen molar-refractivity contribution in [3.63, 3.8) is 0 Å². The summed E-state index contributed by atoms with van der Waals surface area (Å²) >= 11 is 0. The molecule has 0 aromatic carbocycles. The second-order valence-corrected chi connectivity index (χ2v) is 5.90. The minimum atomic E-state index is 0.315. The van der Waals surface area contributed by atoms with Crippen LogP contribution in [0.1, 0.15) is 19.5 Å². The summed E-state index contributed by atoms with van der Waals surface area (Å²) in [5.41, 5.74) is 1.01. The van der Waals surface area contributed by atoms with Crippen molar-refractivity contribution in [3.8, 4) is 0 Å². The molecule has 0 radical (unpaired) electrons. The summed E-state index contributed by atoms with van der Waals surface area (Å²) in [5, 5.41) is 0. The Morgan fingerprint density at radius 1 is 1.00 bits per heavy atom. The quantitative estimate of drug-likeness (QED) is 0.817. The van der Waals surface area contributed by atoms with Crippen molar-refractivity contribution in [3.05, 3.63) is 11.8 Å². The maximum Gasteiger partial charge on any atom is 0.227 e. The molecule has 2 aliphatic rings. The Balaban J connectivity index is 1.88. The molecule has 1 aromatic rings. The van der Waals surface area contributed by atoms with E-state index in [9.17, 15) is 0 Å². The molecule has 3 heterocycles. The zero-order valence-electron chi connectivity index (χ0n) is 13.1. The maximum absolute atomic E-state index is 5.52. The van der Waals surface area contributed by atoms with E-state index >= 15 is 0 Å². The van der Waals surface area contributed by atoms with Gasteiger partial charge in [-0.3, -0.25) is 0 Å². The molecule has 3 rings (SSSR count). The molecule has 6 heteroatoms. The molecule has 6 nitrogen and oxygen atoms in total. The predicted molar refractivity (Wildman–Crippen MR) is 82.0 cm³/mol. The number of aromatic nitrogens is 2. The highest BCUT2D eigenvalue weighted by Crippen LogP contribution is 2.23. The third-order valence-corrected chi connectivity index (χ3v) is 4.12. The summed E-state index contributed by atoms with van der Waals surface area (Å²) in [6.45, 7) is 11.1. The summed E-state index contributed by atoms with van der Waals surface area (Å²) in [7, 11) is 0. The highest BCUT2D eigenvalue weighted by molar-refractivity contribution is 5.47. The average molecular weight is 292 g/mol. The summed E-state index contributed by atoms with van der Waals surface area (Å²) in [4.78, 5) is 14.0. The average Bonchev–Trinajstić information content (AvgIpc) is 2.47. The molecular weight excluding hydrogens is 268 g/mol. The molecule has 116 valence electrons. The summed E-state index contributed by atoms with van der Waals surface area (Å²) < 4.78 is 11.0. The largest absolute Gasteiger partial charge is 0.377 e. The standard InChI is InChI=1S/C15H24N4O2/c1-11-8-14(18-4-6-20-9-12(18)2)17-15(16-11)19-5-7-21-10-13(19)3/h8,12-13H,4-7,9-10H2,1-3H3/t12-,13-/m0/s1. The lowest BCUT2D eigenvalue weighted by molar-refractivity contribution is 0.0972. The van der Waals surface area contributed by atoms with Gasteiger partial charge in [0.05, 0.1) is 38.5 Å². The minimum absolute atomic E-state index is 0.315. The van der Waals surface area contributed by atoms with Gasteiger partial charge in [0.15, 0.2) is 0 Å². The second-order valence-electron chi connectivity index (χ2n) is 5.90. The van der Waals surface area contributed by atoms with Crippen molar-refractivity contribution in [1.29, 1.82) is 0 Å². The zero-order chi connectivity index (χ0) is 14.8. The Morgan fingerprint density at radius 3 is 2.24 bits per heavy atom. The number of ether oxygens (including phenoxy) is 2. The highest BCUT2D eigenvalue weighted by Gasteiger charge is 2.25. The molecule has 0 saturated carbocycles. The third kappa shape index (κ3) is 3.11. The molecule has 0 unspecified atom stereocenters. The van der Waals surface area contributed by atoms with Crippen LogP contribution in [0.2, 0.25) is 0 Å². The van der Waals surface area contributed by atoms with Crippen molar-refractivity contribution in [1.82, 2.24) is 9.97 Å². The van der Waals surface area contributed by atoms with Crippen LogP contribution in [0.15, 0.2) is 6.07 Å². The van der Waals surface area contributed by atoms with Crippen LogP contribution in [0, 0.1) is 6.92 Å². The normalized spacial score (nSPS) is 27.0. The lowest BCUT2D eigenvalue weighted by Gasteiger charge is -2.36. The van der Waals surface area contributed by atoms with Crippen molar-refractivity contribution in [2.75, 3.05) is 49.3 Å². The molecule has 0 aliphatic carbocycles. The molecule has 1 aromatic heterocycles. The molecule has 0 N–H and O–H groups in total. The van der Waals surface area contributed by atoms with Gasteiger partial charge in [0.25, 0.3) is 0 Å². The first-order valence-corrected chi connectivity index (χ1v) is 7.69. The van der Waals surface area contributed by atoms with Gasteiger partial charge < -0.3 is 19.3 Å². The predicted octanol–water partition coefficient (Wildman–Crippen LogP) is 1.24. The van der Waals surface area contributed by atoms with Gasteiger partial charge >= 0.3 is 0 Å². The monoisotopic (exact) mass is 292 g/mol. The van der Waals surface area contributed by atoms with Crippen LogP contribution in [-0.2, 0) is 9.47 Å². The van der Waals surface area contributed by atoms with Crippen LogP contribution in [0.5, 0.6) is 0 Å². The van der Waals surface area contributed by atoms with Gasteiger partial charge in [-0.1, -0.05) is 0 Å². The molecule has 2 fully saturated rings. The van der Waals surface area contributed by atoms with E-state index in [0.717, 1.165) is 57.0 Å². The molecule has 2 atom stereocenters. The van der Waals surface area contributed by atoms with Gasteiger partial charge in [0.1, 0.15) is 5.82 Å². The summed E-state index contributed by atoms with van der Waals surface area (Å²) in [6.07, 6.45) is 0. The van der Waals surface area contributed by atoms with Crippen molar-refractivity contribution in [2.45, 2.75) is 32.9 Å². The van der Waals surface area contributed by atoms with Gasteiger partial charge in [-0.25, -0.2) is 4.98 Å². The maximum atomic E-state index is 5.52. The number of hydrogen-bond acceptors (Lipinski definition) is 6. The number of hydrogen-bond donors (Lipinski definition) is 0. The fourth-order valence-electron chi connectivity index (χ4n) is 2.90. The van der Waals surface area contributed by atoms with Crippen LogP contribution >= 0.6 is 0 Å². The molecular formula is C15H24N4O2. The summed E-state index contributed by atoms with van der Waals surface area (Å²) in [6, 6.07) is 2.73. The van der Waals surface area contributed by atoms with Gasteiger partial charge in [-0.05, 0) is 20.8 Å². The van der Waals surface area contributed by atoms with Crippen LogP contribution < -0.4 is 9.80 Å². The Hall–Kier alpha value is -1.40. The fraction of sp³-hybridized carbons (Fsp3) is 0.733. The smallest absolute Gasteiger partial charge is 0.227 e. The Bertz CT molecular complexity index is 456. The Morgan fingerprint density at radius 2 is 1.62 bits per heavy atom. The molecule has 0 amide bonds. The number of anilines is 2. The minimum Gasteiger partial charge on any atom is -0.377 e. The number of morpholine rings is 2. The number of rotatable bonds is 2. The Labute approximate surface area is 126 Å². The summed E-state index contributed by atoms with van der Waals surface area (Å²) in [5.74, 6) is 1.83. The van der Waals surface area contributed by atoms with E-state index in [1.807, 2.05) is 6.92 Å². The molecule has 0 bridgehead atoms. The van der Waals surface area contributed by atoms with E-state index in [1.54, 1.807) is 0 Å². The lowest BCUT2D eigenvalue weighted by Crippen LogP contribution is -2.46. The molecule has 21 heavy (non-hydrogen) atoms. The lowest BCUT2D eigenvalue weighted by atomic mass is 10.2. The first-order valence-electron chi connectivity index (χ1n) is 7.69. The molecule has 2 aliphatic heterocycles. The van der Waals surface area contributed by atoms with Crippen LogP contribution in [0.3, 0.4) is 0 Å². The van der Waals surface area contributed by atoms with Crippen molar-refractivity contribution in [2.24, 2.45) is 0 Å². The SMILES string of the molecule is Cc1cc(N2CCOC[C@@H]2C)nc(N2CCOC[C@@H]2C)n1.